The van der Waals surface area contributed by atoms with Crippen molar-refractivity contribution in [2.24, 2.45) is 0 Å². The maximum absolute atomic E-state index is 13.7. The standard InChI is InChI=1S/C29H42N4O6S2/c1-4-31(5-2)19-20-41(37,38)30-26(22-39-21-24-11-7-6-8-12-24)28(34)32-17-15-29(16-18-32)23-33(40(3,35)36)27-14-10-9-13-25(27)29/h6-14,26,30H,4-5,15-23H2,1-3H3. The number of amides is 1. The highest BCUT2D eigenvalue weighted by Gasteiger charge is 2.48. The number of para-hydroxylation sites is 1. The molecule has 0 aromatic heterocycles. The SMILES string of the molecule is CCN(CC)CCS(=O)(=O)NC(COCc1ccccc1)C(=O)N1CCC2(CC1)CN(S(C)(=O)=O)c1ccccc12. The molecule has 1 unspecified atom stereocenters. The number of fused-ring (bicyclic) bond motifs is 2. The summed E-state index contributed by atoms with van der Waals surface area (Å²) in [7, 11) is -7.20. The molecule has 41 heavy (non-hydrogen) atoms. The smallest absolute Gasteiger partial charge is 0.243 e. The van der Waals surface area contributed by atoms with E-state index in [2.05, 4.69) is 4.72 Å². The number of carbonyl (C=O) groups excluding carboxylic acids is 1. The molecule has 1 N–H and O–H groups in total. The van der Waals surface area contributed by atoms with Crippen LogP contribution in [0.15, 0.2) is 54.6 Å². The van der Waals surface area contributed by atoms with Crippen LogP contribution in [0.4, 0.5) is 5.69 Å². The van der Waals surface area contributed by atoms with Gasteiger partial charge in [0.1, 0.15) is 6.04 Å². The first kappa shape index (κ1) is 31.4. The highest BCUT2D eigenvalue weighted by Crippen LogP contribution is 2.47. The number of rotatable bonds is 13. The van der Waals surface area contributed by atoms with Crippen molar-refractivity contribution in [1.82, 2.24) is 14.5 Å². The first-order valence-electron chi connectivity index (χ1n) is 14.2. The Kier molecular flexibility index (Phi) is 10.1. The fourth-order valence-corrected chi connectivity index (χ4v) is 7.99. The van der Waals surface area contributed by atoms with E-state index in [0.29, 0.717) is 44.7 Å². The Bertz CT molecular complexity index is 1390. The largest absolute Gasteiger partial charge is 0.375 e. The number of piperidine rings is 1. The van der Waals surface area contributed by atoms with Crippen molar-refractivity contribution in [3.05, 3.63) is 65.7 Å². The average molecular weight is 607 g/mol. The Morgan fingerprint density at radius 3 is 2.27 bits per heavy atom. The van der Waals surface area contributed by atoms with E-state index in [-0.39, 0.29) is 30.3 Å². The Morgan fingerprint density at radius 1 is 1.00 bits per heavy atom. The number of hydrogen-bond donors (Lipinski definition) is 1. The molecule has 12 heteroatoms. The molecule has 2 heterocycles. The topological polar surface area (TPSA) is 116 Å². The summed E-state index contributed by atoms with van der Waals surface area (Å²) in [6, 6.07) is 16.0. The van der Waals surface area contributed by atoms with Crippen LogP contribution in [0.2, 0.25) is 0 Å². The van der Waals surface area contributed by atoms with Gasteiger partial charge >= 0.3 is 0 Å². The molecule has 0 bridgehead atoms. The highest BCUT2D eigenvalue weighted by molar-refractivity contribution is 7.92. The molecule has 0 saturated carbocycles. The molecule has 4 rings (SSSR count). The molecule has 2 aliphatic rings. The second-order valence-corrected chi connectivity index (χ2v) is 14.7. The molecule has 0 aliphatic carbocycles. The van der Waals surface area contributed by atoms with Gasteiger partial charge in [0.05, 0.1) is 30.9 Å². The minimum atomic E-state index is -3.75. The van der Waals surface area contributed by atoms with Crippen LogP contribution in [-0.2, 0) is 41.6 Å². The van der Waals surface area contributed by atoms with E-state index in [1.54, 1.807) is 4.90 Å². The minimum absolute atomic E-state index is 0.0927. The van der Waals surface area contributed by atoms with Gasteiger partial charge in [-0.3, -0.25) is 9.10 Å². The zero-order valence-electron chi connectivity index (χ0n) is 24.2. The van der Waals surface area contributed by atoms with Crippen LogP contribution >= 0.6 is 0 Å². The fourth-order valence-electron chi connectivity index (χ4n) is 5.77. The van der Waals surface area contributed by atoms with Crippen LogP contribution in [-0.4, -0.2) is 96.5 Å². The predicted octanol–water partition coefficient (Wildman–Crippen LogP) is 2.17. The number of benzene rings is 2. The maximum atomic E-state index is 13.7. The molecular formula is C29H42N4O6S2. The quantitative estimate of drug-likeness (QED) is 0.372. The number of ether oxygens (including phenoxy) is 1. The van der Waals surface area contributed by atoms with Crippen molar-refractivity contribution >= 4 is 31.6 Å². The van der Waals surface area contributed by atoms with Crippen LogP contribution < -0.4 is 9.03 Å². The van der Waals surface area contributed by atoms with E-state index >= 15 is 0 Å². The van der Waals surface area contributed by atoms with Gasteiger partial charge in [-0.2, -0.15) is 0 Å². The van der Waals surface area contributed by atoms with Crippen LogP contribution in [0.3, 0.4) is 0 Å². The lowest BCUT2D eigenvalue weighted by Gasteiger charge is -2.40. The molecule has 226 valence electrons. The second-order valence-electron chi connectivity index (χ2n) is 10.9. The van der Waals surface area contributed by atoms with Crippen molar-refractivity contribution in [3.8, 4) is 0 Å². The second kappa shape index (κ2) is 13.2. The molecule has 1 atom stereocenters. The summed E-state index contributed by atoms with van der Waals surface area (Å²) in [6.07, 6.45) is 2.37. The molecule has 2 aromatic carbocycles. The normalized spacial score (nSPS) is 17.7. The lowest BCUT2D eigenvalue weighted by molar-refractivity contribution is -0.136. The summed E-state index contributed by atoms with van der Waals surface area (Å²) in [5.74, 6) is -0.441. The van der Waals surface area contributed by atoms with Gasteiger partial charge in [0.25, 0.3) is 0 Å². The zero-order valence-corrected chi connectivity index (χ0v) is 25.8. The third-order valence-electron chi connectivity index (χ3n) is 8.21. The highest BCUT2D eigenvalue weighted by atomic mass is 32.2. The molecule has 10 nitrogen and oxygen atoms in total. The first-order valence-corrected chi connectivity index (χ1v) is 17.7. The summed E-state index contributed by atoms with van der Waals surface area (Å²) < 4.78 is 61.1. The number of hydrogen-bond acceptors (Lipinski definition) is 7. The lowest BCUT2D eigenvalue weighted by Crippen LogP contribution is -2.55. The zero-order chi connectivity index (χ0) is 29.7. The minimum Gasteiger partial charge on any atom is -0.375 e. The number of nitrogens with one attached hydrogen (secondary N) is 1. The Morgan fingerprint density at radius 2 is 1.63 bits per heavy atom. The van der Waals surface area contributed by atoms with Crippen molar-refractivity contribution in [3.63, 3.8) is 0 Å². The van der Waals surface area contributed by atoms with E-state index in [1.165, 1.54) is 10.6 Å². The van der Waals surface area contributed by atoms with Gasteiger partial charge in [0.15, 0.2) is 0 Å². The van der Waals surface area contributed by atoms with Gasteiger partial charge in [0, 0.05) is 31.6 Å². The van der Waals surface area contributed by atoms with Crippen molar-refractivity contribution in [1.29, 1.82) is 0 Å². The number of sulfonamides is 2. The van der Waals surface area contributed by atoms with Crippen LogP contribution in [0, 0.1) is 0 Å². The third-order valence-corrected chi connectivity index (χ3v) is 10.7. The molecule has 0 radical (unpaired) electrons. The molecule has 1 spiro atoms. The lowest BCUT2D eigenvalue weighted by atomic mass is 9.74. The summed E-state index contributed by atoms with van der Waals surface area (Å²) in [5, 5.41) is 0. The molecular weight excluding hydrogens is 564 g/mol. The maximum Gasteiger partial charge on any atom is 0.243 e. The first-order chi connectivity index (χ1) is 19.5. The molecule has 1 amide bonds. The molecule has 2 aliphatic heterocycles. The number of anilines is 1. The Hall–Kier alpha value is -2.51. The molecule has 1 saturated heterocycles. The molecule has 1 fully saturated rings. The van der Waals surface area contributed by atoms with Gasteiger partial charge in [-0.05, 0) is 43.1 Å². The van der Waals surface area contributed by atoms with Gasteiger partial charge in [-0.15, -0.1) is 0 Å². The van der Waals surface area contributed by atoms with Crippen molar-refractivity contribution in [2.45, 2.75) is 44.8 Å². The van der Waals surface area contributed by atoms with E-state index in [9.17, 15) is 21.6 Å². The Balaban J connectivity index is 1.46. The van der Waals surface area contributed by atoms with Gasteiger partial charge in [-0.1, -0.05) is 62.4 Å². The van der Waals surface area contributed by atoms with Gasteiger partial charge in [-0.25, -0.2) is 21.6 Å². The summed E-state index contributed by atoms with van der Waals surface area (Å²) in [4.78, 5) is 17.4. The fraction of sp³-hybridized carbons (Fsp3) is 0.552. The van der Waals surface area contributed by atoms with Crippen LogP contribution in [0.25, 0.3) is 0 Å². The monoisotopic (exact) mass is 606 g/mol. The van der Waals surface area contributed by atoms with Crippen LogP contribution in [0.1, 0.15) is 37.8 Å². The van der Waals surface area contributed by atoms with E-state index in [1.807, 2.05) is 73.3 Å². The van der Waals surface area contributed by atoms with E-state index in [4.69, 9.17) is 4.74 Å². The number of carbonyl (C=O) groups is 1. The predicted molar refractivity (Wildman–Crippen MR) is 161 cm³/mol. The van der Waals surface area contributed by atoms with Gasteiger partial charge < -0.3 is 14.5 Å². The number of likely N-dealkylation sites (tertiary alicyclic amines) is 1. The van der Waals surface area contributed by atoms with Crippen molar-refractivity contribution < 1.29 is 26.4 Å². The summed E-state index contributed by atoms with van der Waals surface area (Å²) in [5.41, 5.74) is 2.22. The molecule has 2 aromatic rings. The average Bonchev–Trinajstić information content (AvgIpc) is 3.28. The van der Waals surface area contributed by atoms with E-state index in [0.717, 1.165) is 24.2 Å². The van der Waals surface area contributed by atoms with Crippen molar-refractivity contribution in [2.75, 3.05) is 62.2 Å². The Labute approximate surface area is 244 Å². The third kappa shape index (κ3) is 7.66. The van der Waals surface area contributed by atoms with E-state index < -0.39 is 26.1 Å². The van der Waals surface area contributed by atoms with Crippen LogP contribution in [0.5, 0.6) is 0 Å². The number of nitrogens with zero attached hydrogens (tertiary/aromatic N) is 3. The summed E-state index contributed by atoms with van der Waals surface area (Å²) >= 11 is 0. The van der Waals surface area contributed by atoms with Gasteiger partial charge in [0.2, 0.25) is 26.0 Å². The summed E-state index contributed by atoms with van der Waals surface area (Å²) in [6.45, 7) is 7.10.